The third-order valence-corrected chi connectivity index (χ3v) is 5.89. The Bertz CT molecular complexity index is 987. The highest BCUT2D eigenvalue weighted by Crippen LogP contribution is 2.49. The molecule has 0 aliphatic heterocycles. The highest BCUT2D eigenvalue weighted by molar-refractivity contribution is 7.47. The molecule has 3 aliphatic carbocycles. The summed E-state index contributed by atoms with van der Waals surface area (Å²) < 4.78 is 38.7. The van der Waals surface area contributed by atoms with Crippen LogP contribution in [0, 0.1) is 0 Å². The van der Waals surface area contributed by atoms with Crippen LogP contribution in [-0.4, -0.2) is 36.3 Å². The van der Waals surface area contributed by atoms with Gasteiger partial charge in [0, 0.05) is 18.4 Å². The summed E-state index contributed by atoms with van der Waals surface area (Å²) in [4.78, 5) is 5.44. The van der Waals surface area contributed by atoms with Crippen LogP contribution in [0.4, 0.5) is 8.39 Å². The minimum atomic E-state index is -3.17. The highest BCUT2D eigenvalue weighted by atomic mass is 31.2. The lowest BCUT2D eigenvalue weighted by Crippen LogP contribution is -2.16. The fourth-order valence-corrected chi connectivity index (χ4v) is 3.98. The van der Waals surface area contributed by atoms with Crippen molar-refractivity contribution in [2.24, 2.45) is 5.16 Å². The van der Waals surface area contributed by atoms with Crippen LogP contribution in [0.15, 0.2) is 100 Å². The van der Waals surface area contributed by atoms with Gasteiger partial charge in [0.15, 0.2) is 0 Å². The summed E-state index contributed by atoms with van der Waals surface area (Å²) in [6.07, 6.45) is 22.9. The molecule has 0 saturated carbocycles. The van der Waals surface area contributed by atoms with E-state index in [1.165, 1.54) is 6.08 Å². The van der Waals surface area contributed by atoms with Crippen LogP contribution in [0.3, 0.4) is 0 Å². The van der Waals surface area contributed by atoms with E-state index in [1.54, 1.807) is 6.08 Å². The Balaban J connectivity index is 1.76. The standard InChI is InChI=1S/C26H30F2NO4P/c1-2-13-32-29-26(19-31-24-14-20(18-30)15-25(17-24)34(27)28)21-9-7-8-12-23(16-21)33-22-10-5-3-4-6-11-22/h3-5,7-11,14-16,25,30H,2,6,12-13,17-19H2,1H3/b29-26+. The number of oxime groups is 1. The van der Waals surface area contributed by atoms with Crippen molar-refractivity contribution in [3.63, 3.8) is 0 Å². The quantitative estimate of drug-likeness (QED) is 0.150. The SMILES string of the molecule is CCCO/N=C(\COC1=CC(CO)=CC(P(F)F)C1)C1=CC=CCC(OC2=CCC=CC=C2)=C1. The normalized spacial score (nSPS) is 20.6. The van der Waals surface area contributed by atoms with Gasteiger partial charge in [0.2, 0.25) is 0 Å². The van der Waals surface area contributed by atoms with E-state index in [9.17, 15) is 13.5 Å². The average Bonchev–Trinajstić information content (AvgIpc) is 3.24. The summed E-state index contributed by atoms with van der Waals surface area (Å²) >= 11 is 0. The Labute approximate surface area is 200 Å². The first-order valence-electron chi connectivity index (χ1n) is 11.3. The first-order valence-corrected chi connectivity index (χ1v) is 12.5. The van der Waals surface area contributed by atoms with Crippen LogP contribution in [0.1, 0.15) is 32.6 Å². The average molecular weight is 489 g/mol. The Morgan fingerprint density at radius 3 is 2.85 bits per heavy atom. The minimum Gasteiger partial charge on any atom is -0.491 e. The first kappa shape index (κ1) is 25.9. The molecule has 0 spiro atoms. The second-order valence-electron chi connectivity index (χ2n) is 7.80. The maximum absolute atomic E-state index is 13.4. The van der Waals surface area contributed by atoms with E-state index in [2.05, 4.69) is 5.16 Å². The van der Waals surface area contributed by atoms with Crippen molar-refractivity contribution in [1.29, 1.82) is 0 Å². The zero-order valence-corrected chi connectivity index (χ0v) is 20.1. The fourth-order valence-electron chi connectivity index (χ4n) is 3.36. The fraction of sp³-hybridized carbons (Fsp3) is 0.346. The van der Waals surface area contributed by atoms with Crippen molar-refractivity contribution in [3.05, 3.63) is 95.3 Å². The third-order valence-electron chi connectivity index (χ3n) is 5.05. The second kappa shape index (κ2) is 13.8. The summed E-state index contributed by atoms with van der Waals surface area (Å²) in [7, 11) is -3.17. The summed E-state index contributed by atoms with van der Waals surface area (Å²) in [5.41, 5.74) is 0.777. The lowest BCUT2D eigenvalue weighted by atomic mass is 10.1. The van der Waals surface area contributed by atoms with Gasteiger partial charge < -0.3 is 19.4 Å². The molecule has 1 unspecified atom stereocenters. The van der Waals surface area contributed by atoms with Gasteiger partial charge in [-0.05, 0) is 42.7 Å². The summed E-state index contributed by atoms with van der Waals surface area (Å²) in [6, 6.07) is 0. The van der Waals surface area contributed by atoms with Gasteiger partial charge >= 0.3 is 0 Å². The zero-order valence-electron chi connectivity index (χ0n) is 19.2. The predicted molar refractivity (Wildman–Crippen MR) is 132 cm³/mol. The topological polar surface area (TPSA) is 60.3 Å². The van der Waals surface area contributed by atoms with Crippen LogP contribution >= 0.6 is 8.54 Å². The highest BCUT2D eigenvalue weighted by Gasteiger charge is 2.26. The van der Waals surface area contributed by atoms with Crippen molar-refractivity contribution >= 4 is 14.3 Å². The molecular weight excluding hydrogens is 459 g/mol. The molecule has 3 rings (SSSR count). The molecule has 5 nitrogen and oxygen atoms in total. The number of rotatable bonds is 11. The molecule has 0 aromatic rings. The van der Waals surface area contributed by atoms with Crippen molar-refractivity contribution in [2.75, 3.05) is 19.8 Å². The Kier molecular flexibility index (Phi) is 10.5. The molecule has 0 heterocycles. The molecule has 0 amide bonds. The van der Waals surface area contributed by atoms with Gasteiger partial charge in [-0.1, -0.05) is 54.6 Å². The predicted octanol–water partition coefficient (Wildman–Crippen LogP) is 6.80. The van der Waals surface area contributed by atoms with Crippen molar-refractivity contribution in [1.82, 2.24) is 0 Å². The summed E-state index contributed by atoms with van der Waals surface area (Å²) in [6.45, 7) is 2.15. The molecule has 182 valence electrons. The van der Waals surface area contributed by atoms with Crippen LogP contribution in [0.25, 0.3) is 0 Å². The molecule has 1 N–H and O–H groups in total. The number of hydrogen-bond donors (Lipinski definition) is 1. The maximum Gasteiger partial charge on any atom is 0.273 e. The maximum atomic E-state index is 13.4. The third kappa shape index (κ3) is 8.23. The molecule has 8 heteroatoms. The van der Waals surface area contributed by atoms with Gasteiger partial charge in [0.1, 0.15) is 30.4 Å². The Hall–Kier alpha value is -2.76. The number of ether oxygens (including phenoxy) is 2. The van der Waals surface area contributed by atoms with E-state index >= 15 is 0 Å². The molecule has 0 radical (unpaired) electrons. The van der Waals surface area contributed by atoms with Crippen LogP contribution in [0.5, 0.6) is 0 Å². The molecule has 0 aromatic heterocycles. The van der Waals surface area contributed by atoms with Gasteiger partial charge in [0.05, 0.1) is 18.0 Å². The molecule has 34 heavy (non-hydrogen) atoms. The zero-order chi connectivity index (χ0) is 24.2. The van der Waals surface area contributed by atoms with E-state index in [0.717, 1.165) is 29.9 Å². The van der Waals surface area contributed by atoms with Gasteiger partial charge in [-0.2, -0.15) is 8.39 Å². The lowest BCUT2D eigenvalue weighted by Gasteiger charge is -2.21. The number of halogens is 2. The number of aliphatic hydroxyl groups is 1. The first-order chi connectivity index (χ1) is 16.6. The lowest BCUT2D eigenvalue weighted by molar-refractivity contribution is 0.141. The second-order valence-corrected chi connectivity index (χ2v) is 8.98. The molecule has 0 saturated heterocycles. The molecule has 3 aliphatic rings. The largest absolute Gasteiger partial charge is 0.491 e. The van der Waals surface area contributed by atoms with Crippen LogP contribution < -0.4 is 0 Å². The van der Waals surface area contributed by atoms with Crippen LogP contribution in [-0.2, 0) is 14.3 Å². The minimum absolute atomic E-state index is 0.0352. The molecule has 1 atom stereocenters. The van der Waals surface area contributed by atoms with E-state index in [-0.39, 0.29) is 19.6 Å². The van der Waals surface area contributed by atoms with E-state index in [0.29, 0.717) is 30.1 Å². The van der Waals surface area contributed by atoms with Gasteiger partial charge in [0.25, 0.3) is 8.54 Å². The van der Waals surface area contributed by atoms with Gasteiger partial charge in [-0.15, -0.1) is 0 Å². The van der Waals surface area contributed by atoms with Crippen molar-refractivity contribution < 1.29 is 27.8 Å². The van der Waals surface area contributed by atoms with Crippen molar-refractivity contribution in [3.8, 4) is 0 Å². The number of nitrogens with zero attached hydrogens (tertiary/aromatic N) is 1. The number of aliphatic hydroxyl groups excluding tert-OH is 1. The summed E-state index contributed by atoms with van der Waals surface area (Å²) in [5.74, 6) is 1.90. The molecule has 0 bridgehead atoms. The summed E-state index contributed by atoms with van der Waals surface area (Å²) in [5, 5.41) is 13.7. The Morgan fingerprint density at radius 2 is 2.06 bits per heavy atom. The smallest absolute Gasteiger partial charge is 0.273 e. The van der Waals surface area contributed by atoms with Crippen molar-refractivity contribution in [2.45, 2.75) is 38.3 Å². The van der Waals surface area contributed by atoms with Gasteiger partial charge in [-0.3, -0.25) is 0 Å². The van der Waals surface area contributed by atoms with E-state index < -0.39 is 14.2 Å². The van der Waals surface area contributed by atoms with Gasteiger partial charge in [-0.25, -0.2) is 0 Å². The van der Waals surface area contributed by atoms with E-state index in [1.807, 2.05) is 61.6 Å². The van der Waals surface area contributed by atoms with E-state index in [4.69, 9.17) is 14.3 Å². The van der Waals surface area contributed by atoms with Crippen LogP contribution in [0.2, 0.25) is 0 Å². The monoisotopic (exact) mass is 489 g/mol. The number of hydrogen-bond acceptors (Lipinski definition) is 5. The number of allylic oxidation sites excluding steroid dienone is 11. The molecule has 0 fully saturated rings. The molecular formula is C26H30F2NO4P. The molecule has 0 aromatic carbocycles. The Morgan fingerprint density at radius 1 is 1.18 bits per heavy atom.